The van der Waals surface area contributed by atoms with Crippen LogP contribution in [0.15, 0.2) is 54.6 Å². The van der Waals surface area contributed by atoms with Gasteiger partial charge in [-0.3, -0.25) is 14.6 Å². The first-order valence-corrected chi connectivity index (χ1v) is 8.76. The predicted octanol–water partition coefficient (Wildman–Crippen LogP) is 3.20. The van der Waals surface area contributed by atoms with Crippen molar-refractivity contribution in [2.75, 3.05) is 32.7 Å². The van der Waals surface area contributed by atoms with Gasteiger partial charge in [0.15, 0.2) is 0 Å². The first kappa shape index (κ1) is 16.1. The van der Waals surface area contributed by atoms with Gasteiger partial charge in [0.25, 0.3) is 0 Å². The Hall–Kier alpha value is -2.43. The minimum atomic E-state index is -0.742. The van der Waals surface area contributed by atoms with Gasteiger partial charge < -0.3 is 5.11 Å². The van der Waals surface area contributed by atoms with Crippen molar-refractivity contribution in [1.82, 2.24) is 9.80 Å². The molecule has 4 nitrogen and oxygen atoms in total. The van der Waals surface area contributed by atoms with Crippen molar-refractivity contribution in [3.63, 3.8) is 0 Å². The SMILES string of the molecule is O=C(O)CN1CCN(Cc2c3ccccc3cc3ccccc23)CC1. The largest absolute Gasteiger partial charge is 0.480 e. The van der Waals surface area contributed by atoms with Gasteiger partial charge in [0.2, 0.25) is 0 Å². The Kier molecular flexibility index (Phi) is 4.38. The molecule has 4 rings (SSSR count). The Morgan fingerprint density at radius 3 is 1.92 bits per heavy atom. The van der Waals surface area contributed by atoms with Crippen LogP contribution in [0.5, 0.6) is 0 Å². The second kappa shape index (κ2) is 6.82. The third-order valence-electron chi connectivity index (χ3n) is 5.09. The Morgan fingerprint density at radius 1 is 0.840 bits per heavy atom. The van der Waals surface area contributed by atoms with Crippen LogP contribution in [0.3, 0.4) is 0 Å². The van der Waals surface area contributed by atoms with Crippen LogP contribution in [0.4, 0.5) is 0 Å². The molecule has 0 spiro atoms. The van der Waals surface area contributed by atoms with Gasteiger partial charge in [-0.05, 0) is 33.2 Å². The zero-order chi connectivity index (χ0) is 17.2. The summed E-state index contributed by atoms with van der Waals surface area (Å²) in [5, 5.41) is 14.1. The minimum Gasteiger partial charge on any atom is -0.480 e. The van der Waals surface area contributed by atoms with Crippen molar-refractivity contribution in [2.24, 2.45) is 0 Å². The highest BCUT2D eigenvalue weighted by Gasteiger charge is 2.20. The summed E-state index contributed by atoms with van der Waals surface area (Å²) in [5.41, 5.74) is 1.38. The molecule has 0 radical (unpaired) electrons. The smallest absolute Gasteiger partial charge is 0.317 e. The number of hydrogen-bond acceptors (Lipinski definition) is 3. The zero-order valence-corrected chi connectivity index (χ0v) is 14.2. The van der Waals surface area contributed by atoms with Gasteiger partial charge in [0, 0.05) is 32.7 Å². The third-order valence-corrected chi connectivity index (χ3v) is 5.09. The lowest BCUT2D eigenvalue weighted by Gasteiger charge is -2.34. The quantitative estimate of drug-likeness (QED) is 0.744. The fraction of sp³-hybridized carbons (Fsp3) is 0.286. The summed E-state index contributed by atoms with van der Waals surface area (Å²) < 4.78 is 0. The van der Waals surface area contributed by atoms with Crippen LogP contribution >= 0.6 is 0 Å². The number of carboxylic acids is 1. The Balaban J connectivity index is 1.63. The van der Waals surface area contributed by atoms with Gasteiger partial charge in [0.05, 0.1) is 6.54 Å². The second-order valence-electron chi connectivity index (χ2n) is 6.74. The molecule has 0 amide bonds. The van der Waals surface area contributed by atoms with E-state index in [-0.39, 0.29) is 6.54 Å². The van der Waals surface area contributed by atoms with Gasteiger partial charge in [0.1, 0.15) is 0 Å². The molecule has 25 heavy (non-hydrogen) atoms. The average molecular weight is 334 g/mol. The molecule has 1 aliphatic rings. The number of rotatable bonds is 4. The molecule has 1 aliphatic heterocycles. The van der Waals surface area contributed by atoms with E-state index in [1.165, 1.54) is 27.1 Å². The monoisotopic (exact) mass is 334 g/mol. The Morgan fingerprint density at radius 2 is 1.36 bits per heavy atom. The van der Waals surface area contributed by atoms with Crippen molar-refractivity contribution in [3.8, 4) is 0 Å². The van der Waals surface area contributed by atoms with Gasteiger partial charge in [-0.2, -0.15) is 0 Å². The maximum Gasteiger partial charge on any atom is 0.317 e. The number of hydrogen-bond donors (Lipinski definition) is 1. The van der Waals surface area contributed by atoms with E-state index in [4.69, 9.17) is 5.11 Å². The van der Waals surface area contributed by atoms with Crippen LogP contribution in [0, 0.1) is 0 Å². The van der Waals surface area contributed by atoms with E-state index in [1.807, 2.05) is 4.90 Å². The molecule has 4 heteroatoms. The molecule has 1 saturated heterocycles. The summed E-state index contributed by atoms with van der Waals surface area (Å²) in [4.78, 5) is 15.3. The van der Waals surface area contributed by atoms with Crippen LogP contribution in [0.2, 0.25) is 0 Å². The highest BCUT2D eigenvalue weighted by molar-refractivity contribution is 6.02. The molecule has 0 saturated carbocycles. The fourth-order valence-corrected chi connectivity index (χ4v) is 3.80. The van der Waals surface area contributed by atoms with Crippen molar-refractivity contribution in [1.29, 1.82) is 0 Å². The predicted molar refractivity (Wildman–Crippen MR) is 101 cm³/mol. The molecule has 0 aromatic heterocycles. The molecule has 0 unspecified atom stereocenters. The summed E-state index contributed by atoms with van der Waals surface area (Å²) >= 11 is 0. The summed E-state index contributed by atoms with van der Waals surface area (Å²) in [5.74, 6) is -0.742. The zero-order valence-electron chi connectivity index (χ0n) is 14.2. The lowest BCUT2D eigenvalue weighted by atomic mass is 9.96. The van der Waals surface area contributed by atoms with E-state index in [1.54, 1.807) is 0 Å². The minimum absolute atomic E-state index is 0.144. The molecule has 0 atom stereocenters. The van der Waals surface area contributed by atoms with E-state index < -0.39 is 5.97 Å². The van der Waals surface area contributed by atoms with Crippen molar-refractivity contribution >= 4 is 27.5 Å². The summed E-state index contributed by atoms with van der Waals surface area (Å²) in [6, 6.07) is 19.4. The number of carbonyl (C=O) groups is 1. The number of fused-ring (bicyclic) bond motifs is 2. The maximum atomic E-state index is 10.9. The second-order valence-corrected chi connectivity index (χ2v) is 6.74. The van der Waals surface area contributed by atoms with Crippen molar-refractivity contribution in [2.45, 2.75) is 6.54 Å². The van der Waals surface area contributed by atoms with Gasteiger partial charge in [-0.25, -0.2) is 0 Å². The molecule has 1 N–H and O–H groups in total. The molecular formula is C21H22N2O2. The van der Waals surface area contributed by atoms with Gasteiger partial charge >= 0.3 is 5.97 Å². The van der Waals surface area contributed by atoms with Gasteiger partial charge in [-0.1, -0.05) is 48.5 Å². The van der Waals surface area contributed by atoms with E-state index >= 15 is 0 Å². The molecule has 3 aromatic carbocycles. The number of nitrogens with zero attached hydrogens (tertiary/aromatic N) is 2. The van der Waals surface area contributed by atoms with E-state index in [2.05, 4.69) is 59.5 Å². The van der Waals surface area contributed by atoms with E-state index in [9.17, 15) is 4.79 Å². The standard InChI is InChI=1S/C21H22N2O2/c24-21(25)15-23-11-9-22(10-12-23)14-20-18-7-3-1-5-16(18)13-17-6-2-4-8-19(17)20/h1-8,13H,9-12,14-15H2,(H,24,25). The molecule has 1 fully saturated rings. The number of benzene rings is 3. The van der Waals surface area contributed by atoms with Crippen LogP contribution in [0.25, 0.3) is 21.5 Å². The topological polar surface area (TPSA) is 43.8 Å². The van der Waals surface area contributed by atoms with E-state index in [0.29, 0.717) is 0 Å². The van der Waals surface area contributed by atoms with Crippen LogP contribution < -0.4 is 0 Å². The van der Waals surface area contributed by atoms with Crippen molar-refractivity contribution in [3.05, 3.63) is 60.2 Å². The summed E-state index contributed by atoms with van der Waals surface area (Å²) in [7, 11) is 0. The van der Waals surface area contributed by atoms with Crippen LogP contribution in [-0.2, 0) is 11.3 Å². The first-order valence-electron chi connectivity index (χ1n) is 8.76. The molecule has 128 valence electrons. The highest BCUT2D eigenvalue weighted by atomic mass is 16.4. The molecule has 1 heterocycles. The Bertz CT molecular complexity index is 860. The lowest BCUT2D eigenvalue weighted by Crippen LogP contribution is -2.47. The fourth-order valence-electron chi connectivity index (χ4n) is 3.80. The summed E-state index contributed by atoms with van der Waals surface area (Å²) in [6.07, 6.45) is 0. The average Bonchev–Trinajstić information content (AvgIpc) is 2.62. The summed E-state index contributed by atoms with van der Waals surface area (Å²) in [6.45, 7) is 4.49. The maximum absolute atomic E-state index is 10.9. The molecule has 3 aromatic rings. The van der Waals surface area contributed by atoms with E-state index in [0.717, 1.165) is 32.7 Å². The molecule has 0 aliphatic carbocycles. The highest BCUT2D eigenvalue weighted by Crippen LogP contribution is 2.29. The van der Waals surface area contributed by atoms with Crippen LogP contribution in [0.1, 0.15) is 5.56 Å². The molecule has 0 bridgehead atoms. The van der Waals surface area contributed by atoms with Crippen molar-refractivity contribution < 1.29 is 9.90 Å². The number of aliphatic carboxylic acids is 1. The first-order chi connectivity index (χ1) is 12.2. The lowest BCUT2D eigenvalue weighted by molar-refractivity contribution is -0.138. The normalized spacial score (nSPS) is 16.5. The number of carboxylic acid groups (broad SMARTS) is 1. The Labute approximate surface area is 147 Å². The van der Waals surface area contributed by atoms with Crippen LogP contribution in [-0.4, -0.2) is 53.6 Å². The van der Waals surface area contributed by atoms with Gasteiger partial charge in [-0.15, -0.1) is 0 Å². The number of piperazine rings is 1. The third kappa shape index (κ3) is 3.36. The molecular weight excluding hydrogens is 312 g/mol.